The van der Waals surface area contributed by atoms with Gasteiger partial charge >= 0.3 is 5.97 Å². The topological polar surface area (TPSA) is 44.1 Å². The number of benzene rings is 1. The first kappa shape index (κ1) is 14.1. The van der Waals surface area contributed by atoms with Gasteiger partial charge in [-0.1, -0.05) is 6.07 Å². The summed E-state index contributed by atoms with van der Waals surface area (Å²) in [6.07, 6.45) is 0.274. The first-order valence-electron chi connectivity index (χ1n) is 6.09. The molecule has 0 fully saturated rings. The third kappa shape index (κ3) is 3.35. The fourth-order valence-corrected chi connectivity index (χ4v) is 2.49. The van der Waals surface area contributed by atoms with Gasteiger partial charge in [-0.3, -0.25) is 9.48 Å². The van der Waals surface area contributed by atoms with Gasteiger partial charge in [-0.05, 0) is 54.4 Å². The van der Waals surface area contributed by atoms with Gasteiger partial charge < -0.3 is 4.74 Å². The van der Waals surface area contributed by atoms with E-state index < -0.39 is 5.60 Å². The second-order valence-electron chi connectivity index (χ2n) is 5.53. The third-order valence-electron chi connectivity index (χ3n) is 2.64. The molecule has 0 amide bonds. The molecule has 0 aliphatic heterocycles. The molecule has 102 valence electrons. The van der Waals surface area contributed by atoms with Crippen LogP contribution in [0.3, 0.4) is 0 Å². The number of hydrogen-bond donors (Lipinski definition) is 0. The molecule has 1 heterocycles. The van der Waals surface area contributed by atoms with Gasteiger partial charge in [0.2, 0.25) is 0 Å². The second kappa shape index (κ2) is 4.96. The number of aromatic nitrogens is 2. The number of rotatable bonds is 2. The van der Waals surface area contributed by atoms with E-state index in [1.807, 2.05) is 46.0 Å². The quantitative estimate of drug-likeness (QED) is 0.797. The summed E-state index contributed by atoms with van der Waals surface area (Å²) in [6, 6.07) is 5.86. The highest BCUT2D eigenvalue weighted by molar-refractivity contribution is 9.10. The fourth-order valence-electron chi connectivity index (χ4n) is 1.91. The van der Waals surface area contributed by atoms with Gasteiger partial charge in [0, 0.05) is 12.4 Å². The maximum absolute atomic E-state index is 11.8. The number of hydrogen-bond acceptors (Lipinski definition) is 3. The molecule has 0 atom stereocenters. The lowest BCUT2D eigenvalue weighted by Crippen LogP contribution is -2.24. The van der Waals surface area contributed by atoms with Gasteiger partial charge in [0.1, 0.15) is 10.2 Å². The molecule has 0 saturated heterocycles. The minimum Gasteiger partial charge on any atom is -0.460 e. The van der Waals surface area contributed by atoms with Crippen LogP contribution in [-0.2, 0) is 23.0 Å². The van der Waals surface area contributed by atoms with Crippen molar-refractivity contribution >= 4 is 32.8 Å². The Balaban J connectivity index is 2.22. The summed E-state index contributed by atoms with van der Waals surface area (Å²) in [5, 5.41) is 5.32. The van der Waals surface area contributed by atoms with Crippen LogP contribution in [0.25, 0.3) is 10.9 Å². The lowest BCUT2D eigenvalue weighted by atomic mass is 10.1. The number of carbonyl (C=O) groups excluding carboxylic acids is 1. The molecule has 1 aromatic heterocycles. The van der Waals surface area contributed by atoms with Gasteiger partial charge in [-0.15, -0.1) is 0 Å². The molecular formula is C14H17BrN2O2. The van der Waals surface area contributed by atoms with Crippen molar-refractivity contribution in [2.24, 2.45) is 7.05 Å². The van der Waals surface area contributed by atoms with E-state index in [9.17, 15) is 4.79 Å². The largest absolute Gasteiger partial charge is 0.460 e. The average Bonchev–Trinajstić information content (AvgIpc) is 2.51. The van der Waals surface area contributed by atoms with Crippen molar-refractivity contribution < 1.29 is 9.53 Å². The zero-order valence-electron chi connectivity index (χ0n) is 11.5. The van der Waals surface area contributed by atoms with Crippen LogP contribution in [0.4, 0.5) is 0 Å². The number of esters is 1. The lowest BCUT2D eigenvalue weighted by molar-refractivity contribution is -0.153. The normalized spacial score (nSPS) is 11.8. The van der Waals surface area contributed by atoms with E-state index >= 15 is 0 Å². The predicted molar refractivity (Wildman–Crippen MR) is 78.0 cm³/mol. The Kier molecular flexibility index (Phi) is 3.67. The average molecular weight is 325 g/mol. The van der Waals surface area contributed by atoms with Gasteiger partial charge in [-0.25, -0.2) is 0 Å². The molecule has 0 N–H and O–H groups in total. The molecule has 4 nitrogen and oxygen atoms in total. The standard InChI is InChI=1S/C14H17BrN2O2/c1-14(2,3)19-12(18)8-9-5-6-10-11(7-9)17(4)16-13(10)15/h5-7H,8H2,1-4H3. The van der Waals surface area contributed by atoms with Crippen molar-refractivity contribution in [3.05, 3.63) is 28.4 Å². The van der Waals surface area contributed by atoms with Crippen LogP contribution in [0.1, 0.15) is 26.3 Å². The first-order valence-corrected chi connectivity index (χ1v) is 6.88. The summed E-state index contributed by atoms with van der Waals surface area (Å²) in [4.78, 5) is 11.8. The van der Waals surface area contributed by atoms with Crippen molar-refractivity contribution in [2.75, 3.05) is 0 Å². The van der Waals surface area contributed by atoms with E-state index in [1.165, 1.54) is 0 Å². The molecule has 19 heavy (non-hydrogen) atoms. The van der Waals surface area contributed by atoms with E-state index in [4.69, 9.17) is 4.74 Å². The maximum atomic E-state index is 11.8. The van der Waals surface area contributed by atoms with E-state index in [0.29, 0.717) is 0 Å². The molecule has 0 aliphatic carbocycles. The van der Waals surface area contributed by atoms with Gasteiger partial charge in [0.15, 0.2) is 0 Å². The summed E-state index contributed by atoms with van der Waals surface area (Å²) in [5.74, 6) is -0.215. The van der Waals surface area contributed by atoms with Crippen LogP contribution >= 0.6 is 15.9 Å². The molecule has 1 aromatic carbocycles. The number of fused-ring (bicyclic) bond motifs is 1. The number of ether oxygens (including phenoxy) is 1. The highest BCUT2D eigenvalue weighted by Gasteiger charge is 2.17. The number of halogens is 1. The van der Waals surface area contributed by atoms with Gasteiger partial charge in [-0.2, -0.15) is 5.10 Å². The van der Waals surface area contributed by atoms with Crippen molar-refractivity contribution in [1.82, 2.24) is 9.78 Å². The Hall–Kier alpha value is -1.36. The van der Waals surface area contributed by atoms with Crippen LogP contribution < -0.4 is 0 Å². The first-order chi connectivity index (χ1) is 8.76. The zero-order valence-corrected chi connectivity index (χ0v) is 13.1. The molecule has 0 aliphatic rings. The van der Waals surface area contributed by atoms with Crippen LogP contribution in [0.15, 0.2) is 22.8 Å². The highest BCUT2D eigenvalue weighted by Crippen LogP contribution is 2.24. The molecule has 2 aromatic rings. The van der Waals surface area contributed by atoms with Crippen LogP contribution in [0, 0.1) is 0 Å². The minimum atomic E-state index is -0.448. The molecule has 0 saturated carbocycles. The van der Waals surface area contributed by atoms with Crippen molar-refractivity contribution in [1.29, 1.82) is 0 Å². The molecular weight excluding hydrogens is 308 g/mol. The Labute approximate surface area is 120 Å². The summed E-state index contributed by atoms with van der Waals surface area (Å²) in [7, 11) is 1.88. The van der Waals surface area contributed by atoms with Crippen molar-refractivity contribution in [2.45, 2.75) is 32.8 Å². The second-order valence-corrected chi connectivity index (χ2v) is 6.28. The Morgan fingerprint density at radius 1 is 1.42 bits per heavy atom. The summed E-state index contributed by atoms with van der Waals surface area (Å²) in [6.45, 7) is 5.60. The fraction of sp³-hybridized carbons (Fsp3) is 0.429. The van der Waals surface area contributed by atoms with E-state index in [1.54, 1.807) is 4.68 Å². The lowest BCUT2D eigenvalue weighted by Gasteiger charge is -2.19. The van der Waals surface area contributed by atoms with Gasteiger partial charge in [0.05, 0.1) is 11.9 Å². The highest BCUT2D eigenvalue weighted by atomic mass is 79.9. The molecule has 0 spiro atoms. The van der Waals surface area contributed by atoms with Crippen LogP contribution in [0.5, 0.6) is 0 Å². The van der Waals surface area contributed by atoms with Crippen LogP contribution in [0.2, 0.25) is 0 Å². The maximum Gasteiger partial charge on any atom is 0.310 e. The Morgan fingerprint density at radius 3 is 2.74 bits per heavy atom. The SMILES string of the molecule is Cn1nc(Br)c2ccc(CC(=O)OC(C)(C)C)cc21. The Bertz CT molecular complexity index is 626. The molecule has 2 rings (SSSR count). The summed E-state index contributed by atoms with van der Waals surface area (Å²) in [5.41, 5.74) is 1.47. The van der Waals surface area contributed by atoms with Gasteiger partial charge in [0.25, 0.3) is 0 Å². The predicted octanol–water partition coefficient (Wildman–Crippen LogP) is 3.22. The monoisotopic (exact) mass is 324 g/mol. The van der Waals surface area contributed by atoms with Crippen molar-refractivity contribution in [3.8, 4) is 0 Å². The summed E-state index contributed by atoms with van der Waals surface area (Å²) < 4.78 is 7.92. The summed E-state index contributed by atoms with van der Waals surface area (Å²) >= 11 is 3.41. The van der Waals surface area contributed by atoms with E-state index in [2.05, 4.69) is 21.0 Å². The van der Waals surface area contributed by atoms with Crippen molar-refractivity contribution in [3.63, 3.8) is 0 Å². The van der Waals surface area contributed by atoms with E-state index in [0.717, 1.165) is 21.1 Å². The number of aryl methyl sites for hydroxylation is 1. The number of carbonyl (C=O) groups is 1. The molecule has 0 unspecified atom stereocenters. The van der Waals surface area contributed by atoms with E-state index in [-0.39, 0.29) is 12.4 Å². The zero-order chi connectivity index (χ0) is 14.2. The van der Waals surface area contributed by atoms with Crippen LogP contribution in [-0.4, -0.2) is 21.4 Å². The molecule has 0 radical (unpaired) electrons. The Morgan fingerprint density at radius 2 is 2.11 bits per heavy atom. The molecule has 5 heteroatoms. The minimum absolute atomic E-state index is 0.215. The third-order valence-corrected chi connectivity index (χ3v) is 3.23. The smallest absolute Gasteiger partial charge is 0.310 e. The molecule has 0 bridgehead atoms. The number of nitrogens with zero attached hydrogens (tertiary/aromatic N) is 2.